The predicted octanol–water partition coefficient (Wildman–Crippen LogP) is 3.88. The van der Waals surface area contributed by atoms with Crippen LogP contribution in [0.1, 0.15) is 21.5 Å². The van der Waals surface area contributed by atoms with Crippen LogP contribution in [-0.2, 0) is 0 Å². The fraction of sp³-hybridized carbons (Fsp3) is 0. The van der Waals surface area contributed by atoms with Crippen molar-refractivity contribution in [1.82, 2.24) is 4.98 Å². The summed E-state index contributed by atoms with van der Waals surface area (Å²) in [5.41, 5.74) is 2.68. The van der Waals surface area contributed by atoms with Gasteiger partial charge in [0.25, 0.3) is 0 Å². The van der Waals surface area contributed by atoms with E-state index >= 15 is 0 Å². The normalized spacial score (nSPS) is 10.4. The van der Waals surface area contributed by atoms with E-state index in [0.29, 0.717) is 16.7 Å². The highest BCUT2D eigenvalue weighted by molar-refractivity contribution is 14.1. The number of ketones is 1. The predicted molar refractivity (Wildman–Crippen MR) is 85.6 cm³/mol. The van der Waals surface area contributed by atoms with E-state index < -0.39 is 0 Å². The average molecular weight is 372 g/mol. The molecule has 0 spiro atoms. The van der Waals surface area contributed by atoms with Gasteiger partial charge in [0.2, 0.25) is 0 Å². The standard InChI is InChI=1S/C16H9IN2O/c17-12-3-1-2-11(7-12)16(20)14-9-19-15-6-10(8-18)4-5-13(14)15/h1-7,9,19H. The highest BCUT2D eigenvalue weighted by Gasteiger charge is 2.14. The molecule has 0 unspecified atom stereocenters. The van der Waals surface area contributed by atoms with E-state index in [9.17, 15) is 4.79 Å². The van der Waals surface area contributed by atoms with Crippen molar-refractivity contribution in [2.75, 3.05) is 0 Å². The lowest BCUT2D eigenvalue weighted by molar-refractivity contribution is 0.104. The van der Waals surface area contributed by atoms with Crippen LogP contribution in [0.15, 0.2) is 48.7 Å². The zero-order chi connectivity index (χ0) is 14.1. The monoisotopic (exact) mass is 372 g/mol. The number of H-pyrrole nitrogens is 1. The molecule has 1 heterocycles. The summed E-state index contributed by atoms with van der Waals surface area (Å²) in [6.45, 7) is 0. The molecule has 1 aromatic heterocycles. The molecule has 0 saturated carbocycles. The lowest BCUT2D eigenvalue weighted by atomic mass is 10.0. The van der Waals surface area contributed by atoms with Crippen molar-refractivity contribution in [3.63, 3.8) is 0 Å². The number of benzene rings is 2. The molecule has 0 bridgehead atoms. The molecule has 4 heteroatoms. The van der Waals surface area contributed by atoms with Crippen molar-refractivity contribution < 1.29 is 4.79 Å². The first kappa shape index (κ1) is 12.9. The van der Waals surface area contributed by atoms with Crippen LogP contribution in [0.25, 0.3) is 10.9 Å². The van der Waals surface area contributed by atoms with Gasteiger partial charge in [0, 0.05) is 31.8 Å². The Morgan fingerprint density at radius 3 is 2.80 bits per heavy atom. The number of carbonyl (C=O) groups excluding carboxylic acids is 1. The zero-order valence-corrected chi connectivity index (χ0v) is 12.5. The van der Waals surface area contributed by atoms with Crippen molar-refractivity contribution in [3.8, 4) is 6.07 Å². The van der Waals surface area contributed by atoms with Gasteiger partial charge in [0.05, 0.1) is 11.6 Å². The van der Waals surface area contributed by atoms with Gasteiger partial charge < -0.3 is 4.98 Å². The van der Waals surface area contributed by atoms with Crippen molar-refractivity contribution in [2.45, 2.75) is 0 Å². The smallest absolute Gasteiger partial charge is 0.195 e. The van der Waals surface area contributed by atoms with Gasteiger partial charge >= 0.3 is 0 Å². The van der Waals surface area contributed by atoms with Crippen LogP contribution >= 0.6 is 22.6 Å². The molecular formula is C16H9IN2O. The quantitative estimate of drug-likeness (QED) is 0.549. The van der Waals surface area contributed by atoms with Crippen LogP contribution in [0.2, 0.25) is 0 Å². The summed E-state index contributed by atoms with van der Waals surface area (Å²) in [6, 6.07) is 14.9. The third-order valence-corrected chi connectivity index (χ3v) is 3.81. The summed E-state index contributed by atoms with van der Waals surface area (Å²) in [5, 5.41) is 9.73. The maximum Gasteiger partial charge on any atom is 0.195 e. The molecule has 3 aromatic rings. The Morgan fingerprint density at radius 1 is 1.20 bits per heavy atom. The van der Waals surface area contributed by atoms with E-state index in [1.165, 1.54) is 0 Å². The van der Waals surface area contributed by atoms with Crippen LogP contribution in [-0.4, -0.2) is 10.8 Å². The van der Waals surface area contributed by atoms with Crippen LogP contribution in [0.5, 0.6) is 0 Å². The highest BCUT2D eigenvalue weighted by atomic mass is 127. The average Bonchev–Trinajstić information content (AvgIpc) is 2.89. The number of aromatic nitrogens is 1. The fourth-order valence-corrected chi connectivity index (χ4v) is 2.71. The van der Waals surface area contributed by atoms with Gasteiger partial charge in [-0.2, -0.15) is 5.26 Å². The van der Waals surface area contributed by atoms with Crippen LogP contribution in [0.3, 0.4) is 0 Å². The van der Waals surface area contributed by atoms with Gasteiger partial charge in [-0.1, -0.05) is 18.2 Å². The van der Waals surface area contributed by atoms with E-state index in [-0.39, 0.29) is 5.78 Å². The molecule has 20 heavy (non-hydrogen) atoms. The minimum absolute atomic E-state index is 0.0144. The first-order chi connectivity index (χ1) is 9.69. The van der Waals surface area contributed by atoms with Gasteiger partial charge in [0.1, 0.15) is 0 Å². The molecule has 0 fully saturated rings. The van der Waals surface area contributed by atoms with Gasteiger partial charge in [-0.25, -0.2) is 0 Å². The highest BCUT2D eigenvalue weighted by Crippen LogP contribution is 2.22. The Labute approximate surface area is 129 Å². The number of rotatable bonds is 2. The molecule has 1 N–H and O–H groups in total. The van der Waals surface area contributed by atoms with Gasteiger partial charge in [0.15, 0.2) is 5.78 Å². The third kappa shape index (κ3) is 2.21. The lowest BCUT2D eigenvalue weighted by Gasteiger charge is -2.00. The summed E-state index contributed by atoms with van der Waals surface area (Å²) >= 11 is 2.19. The lowest BCUT2D eigenvalue weighted by Crippen LogP contribution is -2.00. The van der Waals surface area contributed by atoms with Crippen molar-refractivity contribution in [3.05, 3.63) is 68.9 Å². The molecule has 3 nitrogen and oxygen atoms in total. The van der Waals surface area contributed by atoms with E-state index in [0.717, 1.165) is 14.5 Å². The van der Waals surface area contributed by atoms with Crippen molar-refractivity contribution in [1.29, 1.82) is 5.26 Å². The summed E-state index contributed by atoms with van der Waals surface area (Å²) in [6.07, 6.45) is 1.70. The van der Waals surface area contributed by atoms with Gasteiger partial charge in [-0.3, -0.25) is 4.79 Å². The van der Waals surface area contributed by atoms with E-state index in [2.05, 4.69) is 33.6 Å². The molecule has 3 rings (SSSR count). The summed E-state index contributed by atoms with van der Waals surface area (Å²) in [7, 11) is 0. The Kier molecular flexibility index (Phi) is 3.28. The second kappa shape index (κ2) is 5.10. The number of hydrogen-bond donors (Lipinski definition) is 1. The Bertz CT molecular complexity index is 858. The largest absolute Gasteiger partial charge is 0.360 e. The van der Waals surface area contributed by atoms with Crippen molar-refractivity contribution in [2.24, 2.45) is 0 Å². The minimum Gasteiger partial charge on any atom is -0.360 e. The Balaban J connectivity index is 2.11. The first-order valence-corrected chi connectivity index (χ1v) is 7.08. The topological polar surface area (TPSA) is 56.6 Å². The van der Waals surface area contributed by atoms with Crippen molar-refractivity contribution >= 4 is 39.3 Å². The fourth-order valence-electron chi connectivity index (χ4n) is 2.17. The van der Waals surface area contributed by atoms with E-state index in [1.807, 2.05) is 30.3 Å². The Morgan fingerprint density at radius 2 is 2.05 bits per heavy atom. The Hall–Kier alpha value is -2.13. The minimum atomic E-state index is -0.0144. The number of carbonyl (C=O) groups is 1. The molecule has 0 saturated heterocycles. The molecule has 0 radical (unpaired) electrons. The maximum atomic E-state index is 12.5. The molecule has 0 amide bonds. The number of hydrogen-bond acceptors (Lipinski definition) is 2. The van der Waals surface area contributed by atoms with Crippen LogP contribution in [0.4, 0.5) is 0 Å². The summed E-state index contributed by atoms with van der Waals surface area (Å²) in [4.78, 5) is 15.6. The van der Waals surface area contributed by atoms with E-state index in [4.69, 9.17) is 5.26 Å². The number of nitrogens with zero attached hydrogens (tertiary/aromatic N) is 1. The molecule has 96 valence electrons. The molecular weight excluding hydrogens is 363 g/mol. The molecule has 0 aliphatic heterocycles. The first-order valence-electron chi connectivity index (χ1n) is 6.00. The number of nitrogens with one attached hydrogen (secondary N) is 1. The molecule has 0 atom stereocenters. The number of fused-ring (bicyclic) bond motifs is 1. The SMILES string of the molecule is N#Cc1ccc2c(C(=O)c3cccc(I)c3)c[nH]c2c1. The number of halogens is 1. The van der Waals surface area contributed by atoms with Crippen LogP contribution in [0, 0.1) is 14.9 Å². The van der Waals surface area contributed by atoms with Crippen LogP contribution < -0.4 is 0 Å². The maximum absolute atomic E-state index is 12.5. The molecule has 2 aromatic carbocycles. The zero-order valence-electron chi connectivity index (χ0n) is 10.4. The van der Waals surface area contributed by atoms with Gasteiger partial charge in [-0.15, -0.1) is 0 Å². The second-order valence-electron chi connectivity index (χ2n) is 4.41. The molecule has 0 aliphatic carbocycles. The van der Waals surface area contributed by atoms with E-state index in [1.54, 1.807) is 18.3 Å². The second-order valence-corrected chi connectivity index (χ2v) is 5.66. The summed E-state index contributed by atoms with van der Waals surface area (Å²) in [5.74, 6) is -0.0144. The number of nitriles is 1. The number of aromatic amines is 1. The molecule has 0 aliphatic rings. The third-order valence-electron chi connectivity index (χ3n) is 3.14. The summed E-state index contributed by atoms with van der Waals surface area (Å²) < 4.78 is 1.03. The van der Waals surface area contributed by atoms with Gasteiger partial charge in [-0.05, 0) is 46.9 Å².